The third-order valence-corrected chi connectivity index (χ3v) is 5.90. The molecule has 1 aliphatic heterocycles. The molecule has 0 bridgehead atoms. The van der Waals surface area contributed by atoms with Crippen LogP contribution in [0.5, 0.6) is 0 Å². The second-order valence-electron chi connectivity index (χ2n) is 8.06. The molecule has 1 saturated heterocycles. The number of rotatable bonds is 9. The number of hydrogen-bond donors (Lipinski definition) is 2. The third kappa shape index (κ3) is 7.38. The lowest BCUT2D eigenvalue weighted by molar-refractivity contribution is -0.152. The maximum absolute atomic E-state index is 12.5. The molecule has 1 heterocycles. The summed E-state index contributed by atoms with van der Waals surface area (Å²) in [7, 11) is 0. The average molecular weight is 560 g/mol. The van der Waals surface area contributed by atoms with Crippen molar-refractivity contribution >= 4 is 51.3 Å². The number of ether oxygens (including phenoxy) is 2. The molecule has 2 N–H and O–H groups in total. The number of nitrogens with one attached hydrogen (secondary N) is 2. The first-order chi connectivity index (χ1) is 17.3. The molecule has 0 spiro atoms. The van der Waals surface area contributed by atoms with E-state index in [1.807, 2.05) is 6.92 Å². The van der Waals surface area contributed by atoms with Crippen molar-refractivity contribution in [1.29, 1.82) is 0 Å². The summed E-state index contributed by atoms with van der Waals surface area (Å²) in [4.78, 5) is 62.3. The minimum Gasteiger partial charge on any atom is -0.462 e. The van der Waals surface area contributed by atoms with Gasteiger partial charge >= 0.3 is 11.9 Å². The van der Waals surface area contributed by atoms with E-state index in [0.29, 0.717) is 23.4 Å². The van der Waals surface area contributed by atoms with E-state index in [0.717, 1.165) is 17.3 Å². The normalized spacial score (nSPS) is 14.8. The Labute approximate surface area is 216 Å². The van der Waals surface area contributed by atoms with Gasteiger partial charge in [-0.05, 0) is 55.0 Å². The van der Waals surface area contributed by atoms with E-state index in [-0.39, 0.29) is 18.9 Å². The molecule has 0 unspecified atom stereocenters. The molecule has 11 heteroatoms. The zero-order chi connectivity index (χ0) is 26.1. The lowest BCUT2D eigenvalue weighted by atomic mass is 10.1. The van der Waals surface area contributed by atoms with Crippen molar-refractivity contribution in [3.8, 4) is 0 Å². The van der Waals surface area contributed by atoms with Crippen molar-refractivity contribution in [3.05, 3.63) is 64.1 Å². The number of carbonyl (C=O) groups excluding carboxylic acids is 5. The van der Waals surface area contributed by atoms with Gasteiger partial charge in [0, 0.05) is 28.7 Å². The fourth-order valence-corrected chi connectivity index (χ4v) is 3.64. The molecule has 1 atom stereocenters. The summed E-state index contributed by atoms with van der Waals surface area (Å²) in [5.74, 6) is -3.41. The molecule has 1 aliphatic rings. The van der Waals surface area contributed by atoms with Crippen LogP contribution in [0.15, 0.2) is 53.0 Å². The van der Waals surface area contributed by atoms with Crippen molar-refractivity contribution in [3.63, 3.8) is 0 Å². The van der Waals surface area contributed by atoms with Gasteiger partial charge in [-0.2, -0.15) is 0 Å². The molecule has 2 aromatic rings. The Bertz CT molecular complexity index is 1120. The molecule has 190 valence electrons. The molecular formula is C25H26BrN3O7. The van der Waals surface area contributed by atoms with Crippen LogP contribution in [0, 0.1) is 5.92 Å². The van der Waals surface area contributed by atoms with Crippen molar-refractivity contribution in [2.45, 2.75) is 26.2 Å². The van der Waals surface area contributed by atoms with Crippen LogP contribution in [-0.4, -0.2) is 49.4 Å². The summed E-state index contributed by atoms with van der Waals surface area (Å²) in [6.45, 7) is 1.82. The monoisotopic (exact) mass is 559 g/mol. The van der Waals surface area contributed by atoms with Gasteiger partial charge in [0.05, 0.1) is 18.1 Å². The molecule has 0 saturated carbocycles. The SMILES string of the molecule is CCCCOC(=O)c1ccc(N2C[C@@H](C(=O)OCC(=O)NNC(=O)c3ccc(Br)cc3)CC2=O)cc1. The van der Waals surface area contributed by atoms with Crippen molar-refractivity contribution < 1.29 is 33.4 Å². The number of anilines is 1. The van der Waals surface area contributed by atoms with Gasteiger partial charge in [0.1, 0.15) is 0 Å². The zero-order valence-corrected chi connectivity index (χ0v) is 21.2. The van der Waals surface area contributed by atoms with Gasteiger partial charge in [0.2, 0.25) is 5.91 Å². The van der Waals surface area contributed by atoms with Crippen LogP contribution in [0.3, 0.4) is 0 Å². The Balaban J connectivity index is 1.44. The largest absolute Gasteiger partial charge is 0.462 e. The van der Waals surface area contributed by atoms with Gasteiger partial charge < -0.3 is 14.4 Å². The van der Waals surface area contributed by atoms with Gasteiger partial charge in [0.25, 0.3) is 11.8 Å². The average Bonchev–Trinajstić information content (AvgIpc) is 3.28. The first-order valence-corrected chi connectivity index (χ1v) is 12.2. The van der Waals surface area contributed by atoms with Crippen molar-refractivity contribution in [2.75, 3.05) is 24.7 Å². The molecule has 0 aromatic heterocycles. The quantitative estimate of drug-likeness (QED) is 0.274. The molecule has 36 heavy (non-hydrogen) atoms. The summed E-state index contributed by atoms with van der Waals surface area (Å²) in [6.07, 6.45) is 1.63. The highest BCUT2D eigenvalue weighted by molar-refractivity contribution is 9.10. The Kier molecular flexibility index (Phi) is 9.57. The number of hydrazine groups is 1. The van der Waals surface area contributed by atoms with Gasteiger partial charge in [-0.1, -0.05) is 29.3 Å². The Morgan fingerprint density at radius 2 is 1.64 bits per heavy atom. The van der Waals surface area contributed by atoms with Crippen molar-refractivity contribution in [2.24, 2.45) is 5.92 Å². The van der Waals surface area contributed by atoms with E-state index >= 15 is 0 Å². The molecule has 0 radical (unpaired) electrons. The molecule has 3 rings (SSSR count). The molecule has 3 amide bonds. The fourth-order valence-electron chi connectivity index (χ4n) is 3.38. The smallest absolute Gasteiger partial charge is 0.338 e. The summed E-state index contributed by atoms with van der Waals surface area (Å²) in [5.41, 5.74) is 5.65. The van der Waals surface area contributed by atoms with Crippen LogP contribution in [0.1, 0.15) is 46.9 Å². The van der Waals surface area contributed by atoms with Gasteiger partial charge in [-0.15, -0.1) is 0 Å². The summed E-state index contributed by atoms with van der Waals surface area (Å²) >= 11 is 3.27. The highest BCUT2D eigenvalue weighted by atomic mass is 79.9. The lowest BCUT2D eigenvalue weighted by Gasteiger charge is -2.17. The van der Waals surface area contributed by atoms with Crippen LogP contribution in [0.4, 0.5) is 5.69 Å². The minimum atomic E-state index is -0.749. The van der Waals surface area contributed by atoms with E-state index in [1.165, 1.54) is 4.90 Å². The number of esters is 2. The van der Waals surface area contributed by atoms with Crippen LogP contribution >= 0.6 is 15.9 Å². The number of amides is 3. The highest BCUT2D eigenvalue weighted by Crippen LogP contribution is 2.26. The van der Waals surface area contributed by atoms with Gasteiger partial charge in [0.15, 0.2) is 6.61 Å². The highest BCUT2D eigenvalue weighted by Gasteiger charge is 2.36. The van der Waals surface area contributed by atoms with Crippen LogP contribution in [0.2, 0.25) is 0 Å². The van der Waals surface area contributed by atoms with Crippen LogP contribution in [0.25, 0.3) is 0 Å². The second-order valence-corrected chi connectivity index (χ2v) is 8.97. The van der Waals surface area contributed by atoms with E-state index < -0.39 is 36.3 Å². The summed E-state index contributed by atoms with van der Waals surface area (Å²) < 4.78 is 11.0. The minimum absolute atomic E-state index is 0.0679. The van der Waals surface area contributed by atoms with E-state index in [2.05, 4.69) is 26.8 Å². The maximum Gasteiger partial charge on any atom is 0.338 e. The number of halogens is 1. The predicted molar refractivity (Wildman–Crippen MR) is 133 cm³/mol. The zero-order valence-electron chi connectivity index (χ0n) is 19.6. The second kappa shape index (κ2) is 12.8. The standard InChI is InChI=1S/C25H26BrN3O7/c1-2-3-12-35-24(33)17-6-10-20(11-7-17)29-14-18(13-22(29)31)25(34)36-15-21(30)27-28-23(32)16-4-8-19(26)9-5-16/h4-11,18H,2-3,12-15H2,1H3,(H,27,30)(H,28,32)/t18-/m0/s1. The molecule has 1 fully saturated rings. The van der Waals surface area contributed by atoms with E-state index in [9.17, 15) is 24.0 Å². The van der Waals surface area contributed by atoms with Gasteiger partial charge in [-0.3, -0.25) is 30.0 Å². The van der Waals surface area contributed by atoms with E-state index in [4.69, 9.17) is 9.47 Å². The van der Waals surface area contributed by atoms with Crippen LogP contribution in [-0.2, 0) is 23.9 Å². The molecule has 2 aromatic carbocycles. The summed E-state index contributed by atoms with van der Waals surface area (Å²) in [5, 5.41) is 0. The molecule has 0 aliphatic carbocycles. The lowest BCUT2D eigenvalue weighted by Crippen LogP contribution is -2.43. The topological polar surface area (TPSA) is 131 Å². The Morgan fingerprint density at radius 3 is 2.31 bits per heavy atom. The number of carbonyl (C=O) groups is 5. The number of hydrogen-bond acceptors (Lipinski definition) is 7. The molecule has 10 nitrogen and oxygen atoms in total. The molecular weight excluding hydrogens is 534 g/mol. The van der Waals surface area contributed by atoms with Gasteiger partial charge in [-0.25, -0.2) is 4.79 Å². The summed E-state index contributed by atoms with van der Waals surface area (Å²) in [6, 6.07) is 12.9. The Morgan fingerprint density at radius 1 is 0.972 bits per heavy atom. The maximum atomic E-state index is 12.5. The fraction of sp³-hybridized carbons (Fsp3) is 0.320. The van der Waals surface area contributed by atoms with Crippen molar-refractivity contribution in [1.82, 2.24) is 10.9 Å². The third-order valence-electron chi connectivity index (χ3n) is 5.37. The van der Waals surface area contributed by atoms with Crippen LogP contribution < -0.4 is 15.8 Å². The Hall–Kier alpha value is -3.73. The predicted octanol–water partition coefficient (Wildman–Crippen LogP) is 2.76. The van der Waals surface area contributed by atoms with E-state index in [1.54, 1.807) is 48.5 Å². The first-order valence-electron chi connectivity index (χ1n) is 11.4. The number of benzene rings is 2. The number of nitrogens with zero attached hydrogens (tertiary/aromatic N) is 1. The first kappa shape index (κ1) is 26.9. The number of unbranched alkanes of at least 4 members (excludes halogenated alkanes) is 1.